The number of aliphatic hydroxyl groups excluding tert-OH is 1. The van der Waals surface area contributed by atoms with Crippen molar-refractivity contribution in [3.8, 4) is 5.75 Å². The third kappa shape index (κ3) is 4.96. The van der Waals surface area contributed by atoms with E-state index in [0.717, 1.165) is 27.5 Å². The first-order valence-electron chi connectivity index (χ1n) is 13.2. The molecule has 1 aliphatic rings. The highest BCUT2D eigenvalue weighted by Gasteiger charge is 2.47. The van der Waals surface area contributed by atoms with Gasteiger partial charge in [-0.05, 0) is 70.8 Å². The molecule has 6 rings (SSSR count). The van der Waals surface area contributed by atoms with E-state index in [-0.39, 0.29) is 11.3 Å². The van der Waals surface area contributed by atoms with Gasteiger partial charge in [0.1, 0.15) is 18.1 Å². The highest BCUT2D eigenvalue weighted by atomic mass is 35.5. The van der Waals surface area contributed by atoms with Crippen LogP contribution in [0.1, 0.15) is 28.3 Å². The van der Waals surface area contributed by atoms with Crippen molar-refractivity contribution in [2.75, 3.05) is 4.90 Å². The largest absolute Gasteiger partial charge is 0.507 e. The van der Waals surface area contributed by atoms with Crippen molar-refractivity contribution in [3.63, 3.8) is 0 Å². The van der Waals surface area contributed by atoms with Crippen molar-refractivity contribution in [1.82, 2.24) is 0 Å². The number of anilines is 1. The SMILES string of the molecule is Cc1cc(/C(O)=C2/C(=O)C(=O)N(c3cccc(Cl)c3)C2c2cccc3ccccc23)ccc1OCc1ccccc1. The molecule has 0 saturated carbocycles. The predicted octanol–water partition coefficient (Wildman–Crippen LogP) is 8.01. The number of carbonyl (C=O) groups is 2. The summed E-state index contributed by atoms with van der Waals surface area (Å²) in [6.45, 7) is 2.28. The van der Waals surface area contributed by atoms with Crippen molar-refractivity contribution in [2.24, 2.45) is 0 Å². The number of aliphatic hydroxyl groups is 1. The van der Waals surface area contributed by atoms with Crippen LogP contribution in [0.15, 0.2) is 121 Å². The average Bonchev–Trinajstić information content (AvgIpc) is 3.26. The first-order chi connectivity index (χ1) is 19.9. The van der Waals surface area contributed by atoms with Gasteiger partial charge in [0.2, 0.25) is 0 Å². The molecule has 1 fully saturated rings. The molecule has 0 spiro atoms. The van der Waals surface area contributed by atoms with Crippen molar-refractivity contribution in [2.45, 2.75) is 19.6 Å². The molecule has 1 amide bonds. The Morgan fingerprint density at radius 1 is 0.854 bits per heavy atom. The summed E-state index contributed by atoms with van der Waals surface area (Å²) in [7, 11) is 0. The smallest absolute Gasteiger partial charge is 0.300 e. The summed E-state index contributed by atoms with van der Waals surface area (Å²) in [4.78, 5) is 28.7. The van der Waals surface area contributed by atoms with Gasteiger partial charge in [-0.25, -0.2) is 0 Å². The van der Waals surface area contributed by atoms with E-state index in [1.165, 1.54) is 4.90 Å². The molecule has 5 nitrogen and oxygen atoms in total. The standard InChI is InChI=1S/C35H26ClNO4/c1-22-19-25(17-18-30(22)41-21-23-9-3-2-4-10-23)33(38)31-32(29-16-7-12-24-11-5-6-15-28(24)29)37(35(40)34(31)39)27-14-8-13-26(36)20-27/h2-20,32,38H,21H2,1H3/b33-31-. The number of carbonyl (C=O) groups excluding carboxylic acids is 2. The van der Waals surface area contributed by atoms with Crippen LogP contribution in [0.25, 0.3) is 16.5 Å². The zero-order valence-corrected chi connectivity index (χ0v) is 23.0. The summed E-state index contributed by atoms with van der Waals surface area (Å²) >= 11 is 6.29. The van der Waals surface area contributed by atoms with Gasteiger partial charge in [0.25, 0.3) is 11.7 Å². The molecule has 202 valence electrons. The number of hydrogen-bond donors (Lipinski definition) is 1. The van der Waals surface area contributed by atoms with Crippen LogP contribution in [0.2, 0.25) is 5.02 Å². The van der Waals surface area contributed by atoms with Gasteiger partial charge in [0, 0.05) is 16.3 Å². The number of nitrogens with zero attached hydrogens (tertiary/aromatic N) is 1. The van der Waals surface area contributed by atoms with Gasteiger partial charge in [0.05, 0.1) is 11.6 Å². The molecule has 5 aromatic carbocycles. The second kappa shape index (κ2) is 11.0. The zero-order valence-electron chi connectivity index (χ0n) is 22.3. The van der Waals surface area contributed by atoms with E-state index in [9.17, 15) is 14.7 Å². The van der Waals surface area contributed by atoms with Gasteiger partial charge < -0.3 is 9.84 Å². The summed E-state index contributed by atoms with van der Waals surface area (Å²) in [6.07, 6.45) is 0. The fourth-order valence-electron chi connectivity index (χ4n) is 5.36. The minimum absolute atomic E-state index is 0.0173. The van der Waals surface area contributed by atoms with Gasteiger partial charge in [-0.2, -0.15) is 0 Å². The second-order valence-electron chi connectivity index (χ2n) is 9.97. The lowest BCUT2D eigenvalue weighted by atomic mass is 9.91. The minimum Gasteiger partial charge on any atom is -0.507 e. The summed E-state index contributed by atoms with van der Waals surface area (Å²) in [5.41, 5.74) is 3.46. The molecule has 1 heterocycles. The minimum atomic E-state index is -0.867. The Hall–Kier alpha value is -4.87. The van der Waals surface area contributed by atoms with Gasteiger partial charge in [-0.15, -0.1) is 0 Å². The normalized spacial score (nSPS) is 16.3. The maximum atomic E-state index is 13.7. The van der Waals surface area contributed by atoms with E-state index in [2.05, 4.69) is 0 Å². The molecule has 0 radical (unpaired) electrons. The summed E-state index contributed by atoms with van der Waals surface area (Å²) in [5, 5.41) is 13.9. The van der Waals surface area contributed by atoms with Crippen molar-refractivity contribution in [3.05, 3.63) is 148 Å². The lowest BCUT2D eigenvalue weighted by Crippen LogP contribution is -2.29. The summed E-state index contributed by atoms with van der Waals surface area (Å²) in [5.74, 6) is -1.08. The molecular weight excluding hydrogens is 534 g/mol. The number of rotatable bonds is 6. The molecular formula is C35H26ClNO4. The Labute approximate surface area is 242 Å². The highest BCUT2D eigenvalue weighted by Crippen LogP contribution is 2.44. The number of hydrogen-bond acceptors (Lipinski definition) is 4. The fraction of sp³-hybridized carbons (Fsp3) is 0.0857. The van der Waals surface area contributed by atoms with Gasteiger partial charge >= 0.3 is 0 Å². The first kappa shape index (κ1) is 26.4. The van der Waals surface area contributed by atoms with E-state index in [1.54, 1.807) is 42.5 Å². The number of halogens is 1. The number of ether oxygens (including phenoxy) is 1. The first-order valence-corrected chi connectivity index (χ1v) is 13.6. The van der Waals surface area contributed by atoms with Gasteiger partial charge in [-0.3, -0.25) is 14.5 Å². The Morgan fingerprint density at radius 2 is 1.59 bits per heavy atom. The van der Waals surface area contributed by atoms with Crippen LogP contribution in [0.4, 0.5) is 5.69 Å². The third-order valence-electron chi connectivity index (χ3n) is 7.33. The van der Waals surface area contributed by atoms with Crippen LogP contribution < -0.4 is 9.64 Å². The van der Waals surface area contributed by atoms with E-state index >= 15 is 0 Å². The number of fused-ring (bicyclic) bond motifs is 1. The molecule has 0 bridgehead atoms. The maximum absolute atomic E-state index is 13.7. The molecule has 41 heavy (non-hydrogen) atoms. The van der Waals surface area contributed by atoms with Crippen LogP contribution in [0.3, 0.4) is 0 Å². The van der Waals surface area contributed by atoms with E-state index in [1.807, 2.05) is 79.7 Å². The van der Waals surface area contributed by atoms with Crippen LogP contribution in [-0.4, -0.2) is 16.8 Å². The molecule has 1 N–H and O–H groups in total. The predicted molar refractivity (Wildman–Crippen MR) is 162 cm³/mol. The molecule has 0 aromatic heterocycles. The Kier molecular flexibility index (Phi) is 7.04. The molecule has 0 aliphatic carbocycles. The van der Waals surface area contributed by atoms with Crippen LogP contribution in [0, 0.1) is 6.92 Å². The Morgan fingerprint density at radius 3 is 2.37 bits per heavy atom. The molecule has 1 saturated heterocycles. The highest BCUT2D eigenvalue weighted by molar-refractivity contribution is 6.52. The van der Waals surface area contributed by atoms with E-state index < -0.39 is 17.7 Å². The van der Waals surface area contributed by atoms with Crippen molar-refractivity contribution in [1.29, 1.82) is 0 Å². The topological polar surface area (TPSA) is 66.8 Å². The van der Waals surface area contributed by atoms with Gasteiger partial charge in [0.15, 0.2) is 0 Å². The van der Waals surface area contributed by atoms with Gasteiger partial charge in [-0.1, -0.05) is 90.5 Å². The van der Waals surface area contributed by atoms with Crippen LogP contribution in [0.5, 0.6) is 5.75 Å². The number of amides is 1. The van der Waals surface area contributed by atoms with Crippen molar-refractivity contribution >= 4 is 45.5 Å². The quantitative estimate of drug-likeness (QED) is 0.130. The molecule has 1 unspecified atom stereocenters. The third-order valence-corrected chi connectivity index (χ3v) is 7.57. The molecule has 1 atom stereocenters. The summed E-state index contributed by atoms with van der Waals surface area (Å²) < 4.78 is 6.01. The van der Waals surface area contributed by atoms with Crippen LogP contribution in [-0.2, 0) is 16.2 Å². The lowest BCUT2D eigenvalue weighted by molar-refractivity contribution is -0.132. The number of benzene rings is 5. The molecule has 1 aliphatic heterocycles. The Balaban J connectivity index is 1.47. The number of ketones is 1. The average molecular weight is 560 g/mol. The molecule has 5 aromatic rings. The summed E-state index contributed by atoms with van der Waals surface area (Å²) in [6, 6.07) is 34.6. The van der Waals surface area contributed by atoms with Crippen molar-refractivity contribution < 1.29 is 19.4 Å². The zero-order chi connectivity index (χ0) is 28.5. The van der Waals surface area contributed by atoms with E-state index in [4.69, 9.17) is 16.3 Å². The Bertz CT molecular complexity index is 1820. The second-order valence-corrected chi connectivity index (χ2v) is 10.4. The molecule has 6 heteroatoms. The number of Topliss-reactive ketones (excluding diaryl/α,β-unsaturated/α-hetero) is 1. The lowest BCUT2D eigenvalue weighted by Gasteiger charge is -2.26. The number of aryl methyl sites for hydroxylation is 1. The fourth-order valence-corrected chi connectivity index (χ4v) is 5.54. The van der Waals surface area contributed by atoms with Crippen LogP contribution >= 0.6 is 11.6 Å². The van der Waals surface area contributed by atoms with E-state index in [0.29, 0.717) is 28.6 Å². The monoisotopic (exact) mass is 559 g/mol. The maximum Gasteiger partial charge on any atom is 0.300 e.